The molecule has 1 aromatic heterocycles. The van der Waals surface area contributed by atoms with Gasteiger partial charge < -0.3 is 9.67 Å². The third kappa shape index (κ3) is 3.32. The smallest absolute Gasteiger partial charge is 0.142 e. The molecule has 4 nitrogen and oxygen atoms in total. The summed E-state index contributed by atoms with van der Waals surface area (Å²) in [6.07, 6.45) is 4.44. The highest BCUT2D eigenvalue weighted by atomic mass is 79.9. The average molecular weight is 432 g/mol. The lowest BCUT2D eigenvalue weighted by Crippen LogP contribution is -2.40. The van der Waals surface area contributed by atoms with Gasteiger partial charge in [0.05, 0.1) is 11.5 Å². The fourth-order valence-electron chi connectivity index (χ4n) is 4.19. The predicted molar refractivity (Wildman–Crippen MR) is 103 cm³/mol. The van der Waals surface area contributed by atoms with Crippen LogP contribution in [-0.4, -0.2) is 14.7 Å². The number of rotatable bonds is 4. The molecule has 1 heterocycles. The Bertz CT molecular complexity index is 887. The first-order valence-corrected chi connectivity index (χ1v) is 10.3. The van der Waals surface area contributed by atoms with Crippen molar-refractivity contribution in [3.63, 3.8) is 0 Å². The topological polar surface area (TPSA) is 61.8 Å². The molecular formula is C21H23BrFN3O. The van der Waals surface area contributed by atoms with Gasteiger partial charge in [0.2, 0.25) is 0 Å². The Labute approximate surface area is 167 Å². The Morgan fingerprint density at radius 2 is 1.89 bits per heavy atom. The zero-order valence-electron chi connectivity index (χ0n) is 15.4. The molecule has 0 atom stereocenters. The second-order valence-corrected chi connectivity index (χ2v) is 8.85. The normalized spacial score (nSPS) is 28.1. The van der Waals surface area contributed by atoms with Crippen molar-refractivity contribution in [1.82, 2.24) is 9.55 Å². The van der Waals surface area contributed by atoms with E-state index in [2.05, 4.69) is 31.6 Å². The molecule has 1 N–H and O–H groups in total. The van der Waals surface area contributed by atoms with Gasteiger partial charge in [-0.15, -0.1) is 0 Å². The summed E-state index contributed by atoms with van der Waals surface area (Å²) in [5.41, 5.74) is 0.153. The van der Waals surface area contributed by atoms with Gasteiger partial charge >= 0.3 is 0 Å². The van der Waals surface area contributed by atoms with Crippen molar-refractivity contribution < 1.29 is 9.50 Å². The van der Waals surface area contributed by atoms with Gasteiger partial charge in [-0.3, -0.25) is 0 Å². The summed E-state index contributed by atoms with van der Waals surface area (Å²) in [6, 6.07) is 8.63. The monoisotopic (exact) mass is 431 g/mol. The second-order valence-electron chi connectivity index (χ2n) is 8.10. The maximum absolute atomic E-state index is 13.3. The molecule has 2 aliphatic carbocycles. The molecule has 0 radical (unpaired) electrons. The molecule has 0 spiro atoms. The van der Waals surface area contributed by atoms with Crippen LogP contribution in [0.2, 0.25) is 0 Å². The van der Waals surface area contributed by atoms with Gasteiger partial charge in [0.15, 0.2) is 0 Å². The third-order valence-corrected chi connectivity index (χ3v) is 7.01. The van der Waals surface area contributed by atoms with E-state index in [4.69, 9.17) is 0 Å². The minimum atomic E-state index is -1.04. The quantitative estimate of drug-likeness (QED) is 0.760. The van der Waals surface area contributed by atoms with Gasteiger partial charge in [-0.05, 0) is 85.0 Å². The van der Waals surface area contributed by atoms with Crippen molar-refractivity contribution >= 4 is 15.9 Å². The van der Waals surface area contributed by atoms with Crippen molar-refractivity contribution in [2.45, 2.75) is 63.0 Å². The van der Waals surface area contributed by atoms with Gasteiger partial charge in [0.25, 0.3) is 0 Å². The van der Waals surface area contributed by atoms with Crippen LogP contribution in [0.5, 0.6) is 0 Å². The fourth-order valence-corrected chi connectivity index (χ4v) is 4.57. The number of halogens is 2. The van der Waals surface area contributed by atoms with Gasteiger partial charge in [-0.1, -0.05) is 12.1 Å². The standard InChI is InChI=1S/C21H23BrFN3O/c1-14-18(22)25-19(26(14)12-15-2-3-15)21(27)10-8-20(13-24,9-11-21)16-4-6-17(23)7-5-16/h4-7,15,27H,2-3,8-12H2,1H3/t20-,21-. The van der Waals surface area contributed by atoms with Gasteiger partial charge in [0.1, 0.15) is 21.8 Å². The number of benzene rings is 1. The highest BCUT2D eigenvalue weighted by Crippen LogP contribution is 2.47. The number of nitrogens with zero attached hydrogens (tertiary/aromatic N) is 3. The van der Waals surface area contributed by atoms with E-state index < -0.39 is 11.0 Å². The third-order valence-electron chi connectivity index (χ3n) is 6.26. The molecular weight excluding hydrogens is 409 g/mol. The van der Waals surface area contributed by atoms with Crippen LogP contribution in [0.25, 0.3) is 0 Å². The second kappa shape index (κ2) is 6.72. The Morgan fingerprint density at radius 3 is 2.44 bits per heavy atom. The first-order valence-electron chi connectivity index (χ1n) is 9.50. The maximum Gasteiger partial charge on any atom is 0.142 e. The van der Waals surface area contributed by atoms with E-state index in [-0.39, 0.29) is 5.82 Å². The zero-order chi connectivity index (χ0) is 19.2. The SMILES string of the molecule is Cc1c(Br)nc([C@]2(O)CC[C@](C#N)(c3ccc(F)cc3)CC2)n1CC1CC1. The molecule has 2 saturated carbocycles. The predicted octanol–water partition coefficient (Wildman–Crippen LogP) is 4.73. The van der Waals surface area contributed by atoms with E-state index in [1.165, 1.54) is 25.0 Å². The van der Waals surface area contributed by atoms with E-state index in [9.17, 15) is 14.8 Å². The van der Waals surface area contributed by atoms with Crippen LogP contribution in [0.1, 0.15) is 55.6 Å². The van der Waals surface area contributed by atoms with E-state index >= 15 is 0 Å². The molecule has 2 fully saturated rings. The summed E-state index contributed by atoms with van der Waals surface area (Å²) in [4.78, 5) is 4.64. The summed E-state index contributed by atoms with van der Waals surface area (Å²) in [5.74, 6) is 1.08. The van der Waals surface area contributed by atoms with E-state index in [0.717, 1.165) is 22.4 Å². The molecule has 142 valence electrons. The Hall–Kier alpha value is -1.71. The van der Waals surface area contributed by atoms with Crippen LogP contribution in [0.4, 0.5) is 4.39 Å². The highest BCUT2D eigenvalue weighted by molar-refractivity contribution is 9.10. The largest absolute Gasteiger partial charge is 0.382 e. The van der Waals surface area contributed by atoms with Crippen molar-refractivity contribution in [3.05, 3.63) is 51.8 Å². The molecule has 0 amide bonds. The molecule has 2 aliphatic rings. The number of hydrogen-bond donors (Lipinski definition) is 1. The number of aliphatic hydroxyl groups is 1. The molecule has 2 aromatic rings. The van der Waals surface area contributed by atoms with Crippen LogP contribution >= 0.6 is 15.9 Å². The zero-order valence-corrected chi connectivity index (χ0v) is 17.0. The molecule has 0 bridgehead atoms. The van der Waals surface area contributed by atoms with E-state index in [0.29, 0.717) is 37.4 Å². The summed E-state index contributed by atoms with van der Waals surface area (Å²) in [6.45, 7) is 2.91. The first kappa shape index (κ1) is 18.6. The summed E-state index contributed by atoms with van der Waals surface area (Å²) >= 11 is 3.52. The molecule has 1 aromatic carbocycles. The Balaban J connectivity index is 1.62. The lowest BCUT2D eigenvalue weighted by atomic mass is 9.66. The van der Waals surface area contributed by atoms with Crippen LogP contribution in [0, 0.1) is 30.0 Å². The summed E-state index contributed by atoms with van der Waals surface area (Å²) < 4.78 is 16.2. The van der Waals surface area contributed by atoms with Gasteiger partial charge in [-0.2, -0.15) is 5.26 Å². The van der Waals surface area contributed by atoms with Gasteiger partial charge in [-0.25, -0.2) is 9.37 Å². The maximum atomic E-state index is 13.3. The van der Waals surface area contributed by atoms with Crippen LogP contribution in [-0.2, 0) is 17.6 Å². The van der Waals surface area contributed by atoms with Crippen LogP contribution in [0.15, 0.2) is 28.9 Å². The minimum Gasteiger partial charge on any atom is -0.382 e. The Kier molecular flexibility index (Phi) is 4.64. The van der Waals surface area contributed by atoms with Crippen molar-refractivity contribution in [1.29, 1.82) is 5.26 Å². The average Bonchev–Trinajstić information content (AvgIpc) is 3.44. The summed E-state index contributed by atoms with van der Waals surface area (Å²) in [7, 11) is 0. The van der Waals surface area contributed by atoms with Crippen molar-refractivity contribution in [2.75, 3.05) is 0 Å². The molecule has 27 heavy (non-hydrogen) atoms. The van der Waals surface area contributed by atoms with Crippen molar-refractivity contribution in [2.24, 2.45) is 5.92 Å². The number of hydrogen-bond acceptors (Lipinski definition) is 3. The lowest BCUT2D eigenvalue weighted by Gasteiger charge is -2.40. The lowest BCUT2D eigenvalue weighted by molar-refractivity contribution is -0.0247. The fraction of sp³-hybridized carbons (Fsp3) is 0.524. The minimum absolute atomic E-state index is 0.304. The van der Waals surface area contributed by atoms with Crippen LogP contribution in [0.3, 0.4) is 0 Å². The molecule has 0 unspecified atom stereocenters. The first-order chi connectivity index (χ1) is 12.9. The van der Waals surface area contributed by atoms with Gasteiger partial charge in [0, 0.05) is 12.2 Å². The Morgan fingerprint density at radius 1 is 1.26 bits per heavy atom. The van der Waals surface area contributed by atoms with Crippen LogP contribution < -0.4 is 0 Å². The van der Waals surface area contributed by atoms with Crippen molar-refractivity contribution in [3.8, 4) is 6.07 Å². The number of nitriles is 1. The van der Waals surface area contributed by atoms with E-state index in [1.807, 2.05) is 6.92 Å². The van der Waals surface area contributed by atoms with E-state index in [1.54, 1.807) is 12.1 Å². The molecule has 6 heteroatoms. The highest BCUT2D eigenvalue weighted by Gasteiger charge is 2.46. The number of aromatic nitrogens is 2. The molecule has 4 rings (SSSR count). The molecule has 0 aliphatic heterocycles. The summed E-state index contributed by atoms with van der Waals surface area (Å²) in [5, 5.41) is 21.3. The number of imidazole rings is 1. The molecule has 0 saturated heterocycles.